The molecule has 0 radical (unpaired) electrons. The summed E-state index contributed by atoms with van der Waals surface area (Å²) < 4.78 is 0. The summed E-state index contributed by atoms with van der Waals surface area (Å²) in [5.41, 5.74) is -0.294. The lowest BCUT2D eigenvalue weighted by molar-refractivity contribution is -0.385. The number of hydrogen-bond donors (Lipinski definition) is 0. The van der Waals surface area contributed by atoms with Gasteiger partial charge in [0.05, 0.1) is 9.95 Å². The highest BCUT2D eigenvalue weighted by molar-refractivity contribution is 6.34. The van der Waals surface area contributed by atoms with E-state index in [1.54, 1.807) is 0 Å². The van der Waals surface area contributed by atoms with E-state index in [2.05, 4.69) is 0 Å². The minimum atomic E-state index is -0.595. The number of hydrogen-bond acceptors (Lipinski definition) is 3. The number of nitro benzene ring substituents is 1. The van der Waals surface area contributed by atoms with Gasteiger partial charge in [-0.2, -0.15) is 0 Å². The molecule has 0 N–H and O–H groups in total. The zero-order valence-electron chi connectivity index (χ0n) is 9.64. The molecule has 0 aromatic heterocycles. The van der Waals surface area contributed by atoms with Crippen LogP contribution in [-0.2, 0) is 0 Å². The maximum Gasteiger partial charge on any atom is 0.283 e. The Morgan fingerprint density at radius 2 is 2.00 bits per heavy atom. The van der Waals surface area contributed by atoms with Gasteiger partial charge in [-0.15, -0.1) is 0 Å². The SMILES string of the molecule is CCN(CC)C(=O)c1c(Cl)cccc1[N+](=O)[O-]. The highest BCUT2D eigenvalue weighted by Crippen LogP contribution is 2.27. The first-order chi connectivity index (χ1) is 8.02. The molecule has 0 unspecified atom stereocenters. The van der Waals surface area contributed by atoms with E-state index in [1.807, 2.05) is 13.8 Å². The van der Waals surface area contributed by atoms with Gasteiger partial charge in [0.2, 0.25) is 0 Å². The number of carbonyl (C=O) groups excluding carboxylic acids is 1. The quantitative estimate of drug-likeness (QED) is 0.615. The Morgan fingerprint density at radius 3 is 2.47 bits per heavy atom. The first-order valence-electron chi connectivity index (χ1n) is 5.25. The van der Waals surface area contributed by atoms with Crippen molar-refractivity contribution in [3.05, 3.63) is 38.9 Å². The number of rotatable bonds is 4. The normalized spacial score (nSPS) is 10.1. The molecule has 0 aliphatic heterocycles. The van der Waals surface area contributed by atoms with Crippen LogP contribution in [0.2, 0.25) is 5.02 Å². The molecular formula is C11H13ClN2O3. The standard InChI is InChI=1S/C11H13ClN2O3/c1-3-13(4-2)11(15)10-8(12)6-5-7-9(10)14(16)17/h5-7H,3-4H2,1-2H3. The average Bonchev–Trinajstić information content (AvgIpc) is 2.29. The maximum absolute atomic E-state index is 12.1. The monoisotopic (exact) mass is 256 g/mol. The summed E-state index contributed by atoms with van der Waals surface area (Å²) in [6.45, 7) is 4.59. The van der Waals surface area contributed by atoms with E-state index < -0.39 is 10.8 Å². The maximum atomic E-state index is 12.1. The number of amides is 1. The van der Waals surface area contributed by atoms with Crippen LogP contribution in [0.1, 0.15) is 24.2 Å². The third-order valence-corrected chi connectivity index (χ3v) is 2.77. The Labute approximate surface area is 104 Å². The van der Waals surface area contributed by atoms with E-state index in [0.29, 0.717) is 13.1 Å². The van der Waals surface area contributed by atoms with E-state index in [0.717, 1.165) is 0 Å². The zero-order chi connectivity index (χ0) is 13.0. The number of nitrogens with zero attached hydrogens (tertiary/aromatic N) is 2. The van der Waals surface area contributed by atoms with Gasteiger partial charge in [0.25, 0.3) is 11.6 Å². The van der Waals surface area contributed by atoms with Crippen molar-refractivity contribution in [2.24, 2.45) is 0 Å². The Morgan fingerprint density at radius 1 is 1.41 bits per heavy atom. The van der Waals surface area contributed by atoms with Crippen LogP contribution in [0, 0.1) is 10.1 Å². The van der Waals surface area contributed by atoms with E-state index in [4.69, 9.17) is 11.6 Å². The lowest BCUT2D eigenvalue weighted by Gasteiger charge is -2.18. The highest BCUT2D eigenvalue weighted by atomic mass is 35.5. The number of halogens is 1. The van der Waals surface area contributed by atoms with Gasteiger partial charge >= 0.3 is 0 Å². The van der Waals surface area contributed by atoms with Crippen molar-refractivity contribution >= 4 is 23.2 Å². The van der Waals surface area contributed by atoms with Gasteiger partial charge in [0.15, 0.2) is 0 Å². The predicted octanol–water partition coefficient (Wildman–Crippen LogP) is 2.73. The van der Waals surface area contributed by atoms with Gasteiger partial charge in [0.1, 0.15) is 5.56 Å². The van der Waals surface area contributed by atoms with Gasteiger partial charge in [-0.05, 0) is 19.9 Å². The lowest BCUT2D eigenvalue weighted by atomic mass is 10.1. The molecule has 0 aliphatic rings. The largest absolute Gasteiger partial charge is 0.339 e. The first kappa shape index (κ1) is 13.4. The summed E-state index contributed by atoms with van der Waals surface area (Å²) in [5.74, 6) is -0.410. The summed E-state index contributed by atoms with van der Waals surface area (Å²) in [5, 5.41) is 11.0. The molecule has 0 saturated heterocycles. The molecule has 0 spiro atoms. The van der Waals surface area contributed by atoms with Gasteiger partial charge in [-0.25, -0.2) is 0 Å². The van der Waals surface area contributed by atoms with Crippen molar-refractivity contribution in [3.8, 4) is 0 Å². The second-order valence-electron chi connectivity index (χ2n) is 3.37. The minimum Gasteiger partial charge on any atom is -0.339 e. The molecule has 17 heavy (non-hydrogen) atoms. The van der Waals surface area contributed by atoms with Gasteiger partial charge in [0, 0.05) is 19.2 Å². The van der Waals surface area contributed by atoms with Crippen molar-refractivity contribution in [3.63, 3.8) is 0 Å². The third kappa shape index (κ3) is 2.74. The van der Waals surface area contributed by atoms with Crippen molar-refractivity contribution in [2.45, 2.75) is 13.8 Å². The van der Waals surface area contributed by atoms with E-state index in [-0.39, 0.29) is 16.3 Å². The van der Waals surface area contributed by atoms with Gasteiger partial charge < -0.3 is 4.90 Å². The van der Waals surface area contributed by atoms with Crippen LogP contribution >= 0.6 is 11.6 Å². The number of carbonyl (C=O) groups is 1. The molecule has 0 heterocycles. The number of benzene rings is 1. The van der Waals surface area contributed by atoms with E-state index in [1.165, 1.54) is 23.1 Å². The van der Waals surface area contributed by atoms with Crippen LogP contribution in [0.4, 0.5) is 5.69 Å². The molecule has 0 atom stereocenters. The molecule has 1 rings (SSSR count). The summed E-state index contributed by atoms with van der Waals surface area (Å²) in [6, 6.07) is 4.22. The molecule has 0 aliphatic carbocycles. The molecule has 0 saturated carbocycles. The smallest absolute Gasteiger partial charge is 0.283 e. The highest BCUT2D eigenvalue weighted by Gasteiger charge is 2.25. The molecule has 6 heteroatoms. The van der Waals surface area contributed by atoms with Crippen LogP contribution in [-0.4, -0.2) is 28.8 Å². The van der Waals surface area contributed by atoms with Crippen molar-refractivity contribution in [2.75, 3.05) is 13.1 Å². The average molecular weight is 257 g/mol. The Kier molecular flexibility index (Phi) is 4.45. The molecule has 1 amide bonds. The van der Waals surface area contributed by atoms with Crippen LogP contribution < -0.4 is 0 Å². The van der Waals surface area contributed by atoms with Crippen LogP contribution in [0.3, 0.4) is 0 Å². The van der Waals surface area contributed by atoms with Crippen LogP contribution in [0.5, 0.6) is 0 Å². The molecule has 5 nitrogen and oxygen atoms in total. The second-order valence-corrected chi connectivity index (χ2v) is 3.78. The third-order valence-electron chi connectivity index (χ3n) is 2.45. The summed E-state index contributed by atoms with van der Waals surface area (Å²) in [7, 11) is 0. The Hall–Kier alpha value is -1.62. The first-order valence-corrected chi connectivity index (χ1v) is 5.62. The molecule has 1 aromatic carbocycles. The van der Waals surface area contributed by atoms with Crippen molar-refractivity contribution in [1.29, 1.82) is 0 Å². The summed E-state index contributed by atoms with van der Waals surface area (Å²) >= 11 is 5.87. The van der Waals surface area contributed by atoms with Crippen LogP contribution in [0.15, 0.2) is 18.2 Å². The van der Waals surface area contributed by atoms with Crippen LogP contribution in [0.25, 0.3) is 0 Å². The van der Waals surface area contributed by atoms with E-state index in [9.17, 15) is 14.9 Å². The fraction of sp³-hybridized carbons (Fsp3) is 0.364. The second kappa shape index (κ2) is 5.63. The fourth-order valence-electron chi connectivity index (χ4n) is 1.55. The molecule has 92 valence electrons. The molecule has 0 bridgehead atoms. The van der Waals surface area contributed by atoms with Gasteiger partial charge in [-0.1, -0.05) is 17.7 Å². The predicted molar refractivity (Wildman–Crippen MR) is 65.4 cm³/mol. The van der Waals surface area contributed by atoms with E-state index >= 15 is 0 Å². The zero-order valence-corrected chi connectivity index (χ0v) is 10.4. The molecule has 1 aromatic rings. The van der Waals surface area contributed by atoms with Crippen molar-refractivity contribution in [1.82, 2.24) is 4.90 Å². The number of nitro groups is 1. The van der Waals surface area contributed by atoms with Crippen molar-refractivity contribution < 1.29 is 9.72 Å². The summed E-state index contributed by atoms with van der Waals surface area (Å²) in [4.78, 5) is 23.8. The molecule has 0 fully saturated rings. The lowest BCUT2D eigenvalue weighted by Crippen LogP contribution is -2.31. The Bertz CT molecular complexity index is 444. The minimum absolute atomic E-state index is 0.0390. The fourth-order valence-corrected chi connectivity index (χ4v) is 1.80. The summed E-state index contributed by atoms with van der Waals surface area (Å²) in [6.07, 6.45) is 0. The Balaban J connectivity index is 3.29. The topological polar surface area (TPSA) is 63.5 Å². The van der Waals surface area contributed by atoms with Gasteiger partial charge in [-0.3, -0.25) is 14.9 Å². The molecular weight excluding hydrogens is 244 g/mol.